The van der Waals surface area contributed by atoms with E-state index in [1.165, 1.54) is 11.1 Å². The van der Waals surface area contributed by atoms with Crippen LogP contribution >= 0.6 is 12.2 Å². The Hall–Kier alpha value is -3.20. The molecule has 7 nitrogen and oxygen atoms in total. The molecule has 0 amide bonds. The number of para-hydroxylation sites is 1. The van der Waals surface area contributed by atoms with Crippen LogP contribution in [0.15, 0.2) is 116 Å². The monoisotopic (exact) mass is 794 g/mol. The van der Waals surface area contributed by atoms with Gasteiger partial charge in [0, 0.05) is 0 Å². The molecule has 48 heavy (non-hydrogen) atoms. The molecule has 3 heterocycles. The molecule has 0 N–H and O–H groups in total. The zero-order valence-corrected chi connectivity index (χ0v) is 31.8. The Morgan fingerprint density at radius 3 is 1.60 bits per heavy atom. The number of pyridine rings is 2. The number of isothiocyanates is 1. The maximum atomic E-state index is 5.13. The van der Waals surface area contributed by atoms with Crippen LogP contribution < -0.4 is 0 Å². The Balaban J connectivity index is 0.000000541. The molecule has 0 saturated carbocycles. The molecule has 2 aromatic carbocycles. The van der Waals surface area contributed by atoms with Gasteiger partial charge in [0.15, 0.2) is 0 Å². The second-order valence-corrected chi connectivity index (χ2v) is 11.7. The summed E-state index contributed by atoms with van der Waals surface area (Å²) in [6.07, 6.45) is 1.70. The number of fused-ring (bicyclic) bond motifs is 4. The second kappa shape index (κ2) is 20.3. The maximum Gasteiger partial charge on any atom is 3.00 e. The van der Waals surface area contributed by atoms with Crippen molar-refractivity contribution in [1.82, 2.24) is 9.97 Å². The van der Waals surface area contributed by atoms with Gasteiger partial charge in [0.05, 0.1) is 81.6 Å². The average molecular weight is 794 g/mol. The van der Waals surface area contributed by atoms with E-state index in [9.17, 15) is 0 Å². The standard InChI is InChI=1S/C32H38N6.C7H5NS.Eu/c1-7-27-19-33-22(3)29-10-9-13-32(38-29)25(6)36-28(18-26-16-14-21(2)15-17-26)20-34-23(4)30-11-8-12-31(37-30)24(5)35-27;9-6-8-7-4-2-1-3-5-7;/h8-17,27-28H,7,18-20H2,1-6H3;1-5H;/q;;+3/t27-,28-;;/m0../s1. The summed E-state index contributed by atoms with van der Waals surface area (Å²) >= 11 is 4.42. The third kappa shape index (κ3) is 12.4. The van der Waals surface area contributed by atoms with Crippen LogP contribution in [-0.4, -0.2) is 63.1 Å². The largest absolute Gasteiger partial charge is 3.00 e. The van der Waals surface area contributed by atoms with Crippen LogP contribution in [0.5, 0.6) is 0 Å². The third-order valence-corrected chi connectivity index (χ3v) is 7.90. The smallest absolute Gasteiger partial charge is 0.286 e. The molecule has 1 aliphatic heterocycles. The van der Waals surface area contributed by atoms with Crippen LogP contribution in [0.3, 0.4) is 0 Å². The zero-order valence-electron chi connectivity index (χ0n) is 28.6. The van der Waals surface area contributed by atoms with Gasteiger partial charge in [-0.3, -0.25) is 20.0 Å². The Kier molecular flexibility index (Phi) is 16.6. The number of aliphatic imine (C=N–C) groups is 5. The van der Waals surface area contributed by atoms with Crippen molar-refractivity contribution in [2.24, 2.45) is 25.0 Å². The summed E-state index contributed by atoms with van der Waals surface area (Å²) in [5.74, 6) is 0. The summed E-state index contributed by atoms with van der Waals surface area (Å²) in [5.41, 5.74) is 10.4. The summed E-state index contributed by atoms with van der Waals surface area (Å²) in [5, 5.41) is 2.29. The number of hydrogen-bond donors (Lipinski definition) is 0. The van der Waals surface area contributed by atoms with Crippen LogP contribution in [0.2, 0.25) is 0 Å². The topological polar surface area (TPSA) is 87.6 Å². The molecular formula is C39H43EuN7S+3. The number of rotatable bonds is 4. The van der Waals surface area contributed by atoms with Gasteiger partial charge in [-0.05, 0) is 102 Å². The number of thiocarbonyl (C=S) groups is 1. The summed E-state index contributed by atoms with van der Waals surface area (Å²) < 4.78 is 0. The molecule has 1 aliphatic rings. The Morgan fingerprint density at radius 1 is 0.625 bits per heavy atom. The summed E-state index contributed by atoms with van der Waals surface area (Å²) in [6, 6.07) is 30.3. The molecule has 9 heteroatoms. The minimum Gasteiger partial charge on any atom is -0.286 e. The maximum absolute atomic E-state index is 5.13. The second-order valence-electron chi connectivity index (χ2n) is 11.5. The molecule has 2 aromatic heterocycles. The van der Waals surface area contributed by atoms with Crippen molar-refractivity contribution in [1.29, 1.82) is 0 Å². The molecule has 0 unspecified atom stereocenters. The van der Waals surface area contributed by atoms with Gasteiger partial charge < -0.3 is 0 Å². The van der Waals surface area contributed by atoms with Crippen molar-refractivity contribution < 1.29 is 49.4 Å². The van der Waals surface area contributed by atoms with Crippen LogP contribution in [-0.2, 0) is 6.42 Å². The van der Waals surface area contributed by atoms with Crippen LogP contribution in [0, 0.1) is 56.3 Å². The van der Waals surface area contributed by atoms with Gasteiger partial charge in [-0.15, -0.1) is 0 Å². The molecule has 0 fully saturated rings. The fraction of sp³-hybridized carbons (Fsp3) is 0.308. The van der Waals surface area contributed by atoms with Crippen molar-refractivity contribution in [2.45, 2.75) is 66.5 Å². The third-order valence-electron chi connectivity index (χ3n) is 7.81. The van der Waals surface area contributed by atoms with E-state index in [1.807, 2.05) is 94.4 Å². The van der Waals surface area contributed by atoms with Crippen LogP contribution in [0.25, 0.3) is 0 Å². The van der Waals surface area contributed by atoms with Gasteiger partial charge >= 0.3 is 49.4 Å². The normalized spacial score (nSPS) is 16.5. The van der Waals surface area contributed by atoms with E-state index in [4.69, 9.17) is 29.9 Å². The van der Waals surface area contributed by atoms with Gasteiger partial charge in [-0.25, -0.2) is 9.97 Å². The van der Waals surface area contributed by atoms with Gasteiger partial charge in [0.1, 0.15) is 0 Å². The van der Waals surface area contributed by atoms with Gasteiger partial charge in [0.25, 0.3) is 0 Å². The molecular weight excluding hydrogens is 751 g/mol. The molecule has 244 valence electrons. The molecule has 0 saturated heterocycles. The number of benzene rings is 2. The fourth-order valence-electron chi connectivity index (χ4n) is 4.97. The summed E-state index contributed by atoms with van der Waals surface area (Å²) in [4.78, 5) is 33.5. The van der Waals surface area contributed by atoms with E-state index in [-0.39, 0.29) is 61.5 Å². The van der Waals surface area contributed by atoms with E-state index < -0.39 is 0 Å². The molecule has 0 aliphatic carbocycles. The quantitative estimate of drug-likeness (QED) is 0.153. The first kappa shape index (κ1) is 39.2. The number of aryl methyl sites for hydroxylation is 1. The number of nitrogens with zero attached hydrogens (tertiary/aromatic N) is 7. The Morgan fingerprint density at radius 2 is 1.10 bits per heavy atom. The molecule has 0 spiro atoms. The SMILES string of the molecule is CC[C@H]1CN=C(C)c2cccc(n2)C(C)=N[C@@H](Cc2ccc(C)cc2)CN=C(C)c2cccc(n2)C(C)=N1.S=C=Nc1ccccc1.[Eu+3]. The predicted octanol–water partition coefficient (Wildman–Crippen LogP) is 8.55. The van der Waals surface area contributed by atoms with Crippen molar-refractivity contribution in [3.63, 3.8) is 0 Å². The van der Waals surface area contributed by atoms with Gasteiger partial charge in [0.2, 0.25) is 0 Å². The number of hydrogen-bond acceptors (Lipinski definition) is 8. The zero-order chi connectivity index (χ0) is 33.6. The van der Waals surface area contributed by atoms with E-state index in [0.717, 1.165) is 64.2 Å². The van der Waals surface area contributed by atoms with E-state index in [1.54, 1.807) is 0 Å². The summed E-state index contributed by atoms with van der Waals surface area (Å²) in [7, 11) is 0. The van der Waals surface area contributed by atoms with Crippen molar-refractivity contribution >= 4 is 45.9 Å². The Bertz CT molecular complexity index is 1810. The van der Waals surface area contributed by atoms with Crippen molar-refractivity contribution in [3.05, 3.63) is 125 Å². The van der Waals surface area contributed by atoms with E-state index in [2.05, 4.69) is 60.5 Å². The molecule has 5 rings (SSSR count). The predicted molar refractivity (Wildman–Crippen MR) is 201 cm³/mol. The van der Waals surface area contributed by atoms with Gasteiger partial charge in [-0.2, -0.15) is 4.99 Å². The van der Waals surface area contributed by atoms with Crippen LogP contribution in [0.4, 0.5) is 5.69 Å². The minimum atomic E-state index is -0.0245. The van der Waals surface area contributed by atoms with Gasteiger partial charge in [-0.1, -0.05) is 67.1 Å². The minimum absolute atomic E-state index is 0. The van der Waals surface area contributed by atoms with Crippen molar-refractivity contribution in [2.75, 3.05) is 13.1 Å². The summed E-state index contributed by atoms with van der Waals surface area (Å²) in [6.45, 7) is 13.5. The molecule has 4 bridgehead atoms. The Labute approximate surface area is 331 Å². The van der Waals surface area contributed by atoms with E-state index in [0.29, 0.717) is 13.1 Å². The number of aromatic nitrogens is 2. The first-order valence-corrected chi connectivity index (χ1v) is 16.4. The van der Waals surface area contributed by atoms with Crippen LogP contribution in [0.1, 0.15) is 74.9 Å². The molecule has 4 aromatic rings. The first-order chi connectivity index (χ1) is 22.7. The van der Waals surface area contributed by atoms with Crippen molar-refractivity contribution in [3.8, 4) is 0 Å². The fourth-order valence-corrected chi connectivity index (χ4v) is 5.07. The molecule has 2 atom stereocenters. The van der Waals surface area contributed by atoms with E-state index >= 15 is 0 Å². The average Bonchev–Trinajstić information content (AvgIpc) is 3.10. The first-order valence-electron chi connectivity index (χ1n) is 16.0. The molecule has 0 radical (unpaired) electrons.